The van der Waals surface area contributed by atoms with E-state index in [-0.39, 0.29) is 17.1 Å². The van der Waals surface area contributed by atoms with Gasteiger partial charge in [0.25, 0.3) is 5.91 Å². The first-order valence-corrected chi connectivity index (χ1v) is 6.15. The van der Waals surface area contributed by atoms with Crippen LogP contribution >= 0.6 is 0 Å². The largest absolute Gasteiger partial charge is 0.507 e. The molecule has 0 fully saturated rings. The third kappa shape index (κ3) is 2.73. The van der Waals surface area contributed by atoms with Crippen molar-refractivity contribution in [3.63, 3.8) is 0 Å². The Morgan fingerprint density at radius 3 is 2.45 bits per heavy atom. The highest BCUT2D eigenvalue weighted by Gasteiger charge is 2.16. The molecule has 104 valence electrons. The van der Waals surface area contributed by atoms with Gasteiger partial charge in [0.1, 0.15) is 17.1 Å². The molecule has 2 rings (SSSR count). The van der Waals surface area contributed by atoms with E-state index in [9.17, 15) is 15.0 Å². The summed E-state index contributed by atoms with van der Waals surface area (Å²) in [5.41, 5.74) is 7.76. The number of hydrogen-bond donors (Lipinski definition) is 4. The molecule has 0 aromatic heterocycles. The van der Waals surface area contributed by atoms with Crippen molar-refractivity contribution in [3.8, 4) is 11.5 Å². The number of nitrogens with two attached hydrogens (primary N) is 1. The summed E-state index contributed by atoms with van der Waals surface area (Å²) in [6, 6.07) is 9.65. The van der Waals surface area contributed by atoms with E-state index in [0.717, 1.165) is 11.1 Å². The van der Waals surface area contributed by atoms with Crippen LogP contribution in [0.2, 0.25) is 0 Å². The molecule has 0 heterocycles. The van der Waals surface area contributed by atoms with Crippen LogP contribution in [0.3, 0.4) is 0 Å². The van der Waals surface area contributed by atoms with E-state index in [0.29, 0.717) is 12.2 Å². The van der Waals surface area contributed by atoms with Crippen LogP contribution < -0.4 is 11.1 Å². The highest BCUT2D eigenvalue weighted by molar-refractivity contribution is 6.08. The minimum absolute atomic E-state index is 0.148. The van der Waals surface area contributed by atoms with Gasteiger partial charge < -0.3 is 21.3 Å². The molecule has 5 heteroatoms. The van der Waals surface area contributed by atoms with Gasteiger partial charge in [0.2, 0.25) is 0 Å². The average molecular weight is 272 g/mol. The Kier molecular flexibility index (Phi) is 3.91. The molecular formula is C15H16N2O3. The summed E-state index contributed by atoms with van der Waals surface area (Å²) in [5.74, 6) is -1.11. The van der Waals surface area contributed by atoms with Gasteiger partial charge in [-0.2, -0.15) is 0 Å². The summed E-state index contributed by atoms with van der Waals surface area (Å²) >= 11 is 0. The molecule has 0 aliphatic rings. The second-order valence-electron chi connectivity index (χ2n) is 4.48. The summed E-state index contributed by atoms with van der Waals surface area (Å²) in [6.45, 7) is 2.21. The third-order valence-corrected chi connectivity index (χ3v) is 3.03. The Balaban J connectivity index is 2.33. The summed E-state index contributed by atoms with van der Waals surface area (Å²) in [5, 5.41) is 22.0. The van der Waals surface area contributed by atoms with Gasteiger partial charge >= 0.3 is 0 Å². The molecule has 5 nitrogen and oxygen atoms in total. The number of aromatic hydroxyl groups is 2. The summed E-state index contributed by atoms with van der Waals surface area (Å²) in [4.78, 5) is 12.1. The number of phenolic OH excluding ortho intramolecular Hbond substituents is 2. The molecule has 0 saturated carbocycles. The zero-order valence-electron chi connectivity index (χ0n) is 11.1. The fourth-order valence-corrected chi connectivity index (χ4v) is 1.88. The van der Waals surface area contributed by atoms with Gasteiger partial charge in [-0.1, -0.05) is 18.2 Å². The van der Waals surface area contributed by atoms with Crippen LogP contribution in [0.4, 0.5) is 5.69 Å². The van der Waals surface area contributed by atoms with Gasteiger partial charge in [-0.05, 0) is 36.2 Å². The lowest BCUT2D eigenvalue weighted by Gasteiger charge is -2.11. The van der Waals surface area contributed by atoms with Crippen LogP contribution in [0.1, 0.15) is 21.5 Å². The quantitative estimate of drug-likeness (QED) is 0.688. The second-order valence-corrected chi connectivity index (χ2v) is 4.48. The summed E-state index contributed by atoms with van der Waals surface area (Å²) in [6.07, 6.45) is 0. The first-order chi connectivity index (χ1) is 9.52. The van der Waals surface area contributed by atoms with Crippen molar-refractivity contribution in [1.82, 2.24) is 0 Å². The van der Waals surface area contributed by atoms with Gasteiger partial charge in [0.15, 0.2) is 0 Å². The molecule has 0 saturated heterocycles. The predicted octanol–water partition coefficient (Wildman–Crippen LogP) is 2.12. The molecule has 1 amide bonds. The van der Waals surface area contributed by atoms with E-state index >= 15 is 0 Å². The Labute approximate surface area is 116 Å². The maximum absolute atomic E-state index is 12.1. The fraction of sp³-hybridized carbons (Fsp3) is 0.133. The first-order valence-electron chi connectivity index (χ1n) is 6.15. The summed E-state index contributed by atoms with van der Waals surface area (Å²) in [7, 11) is 0. The van der Waals surface area contributed by atoms with E-state index in [4.69, 9.17) is 5.73 Å². The van der Waals surface area contributed by atoms with Crippen LogP contribution in [-0.2, 0) is 6.54 Å². The van der Waals surface area contributed by atoms with Crippen LogP contribution in [0, 0.1) is 6.92 Å². The fourth-order valence-electron chi connectivity index (χ4n) is 1.88. The zero-order valence-corrected chi connectivity index (χ0v) is 11.1. The van der Waals surface area contributed by atoms with Crippen LogP contribution in [0.5, 0.6) is 11.5 Å². The molecule has 0 aliphatic heterocycles. The lowest BCUT2D eigenvalue weighted by Crippen LogP contribution is -2.13. The maximum atomic E-state index is 12.1. The number of anilines is 1. The normalized spacial score (nSPS) is 10.3. The molecule has 5 N–H and O–H groups in total. The highest BCUT2D eigenvalue weighted by Crippen LogP contribution is 2.27. The molecule has 0 atom stereocenters. The zero-order chi connectivity index (χ0) is 14.7. The molecular weight excluding hydrogens is 256 g/mol. The number of carbonyl (C=O) groups is 1. The monoisotopic (exact) mass is 272 g/mol. The van der Waals surface area contributed by atoms with E-state index < -0.39 is 5.91 Å². The number of hydrogen-bond acceptors (Lipinski definition) is 4. The van der Waals surface area contributed by atoms with Crippen molar-refractivity contribution < 1.29 is 15.0 Å². The van der Waals surface area contributed by atoms with Crippen molar-refractivity contribution >= 4 is 11.6 Å². The van der Waals surface area contributed by atoms with Gasteiger partial charge in [-0.25, -0.2) is 0 Å². The van der Waals surface area contributed by atoms with Crippen molar-refractivity contribution in [1.29, 1.82) is 0 Å². The lowest BCUT2D eigenvalue weighted by molar-refractivity contribution is 0.102. The molecule has 0 radical (unpaired) electrons. The predicted molar refractivity (Wildman–Crippen MR) is 76.8 cm³/mol. The Hall–Kier alpha value is -2.53. The standard InChI is InChI=1S/C15H16N2O3/c1-9-5-6-10(8-16)7-11(9)17-15(20)14-12(18)3-2-4-13(14)19/h2-7,18-19H,8,16H2,1H3,(H,17,20). The number of benzene rings is 2. The van der Waals surface area contributed by atoms with Crippen molar-refractivity contribution in [2.45, 2.75) is 13.5 Å². The molecule has 0 bridgehead atoms. The molecule has 0 aliphatic carbocycles. The van der Waals surface area contributed by atoms with Crippen molar-refractivity contribution in [3.05, 3.63) is 53.1 Å². The van der Waals surface area contributed by atoms with Gasteiger partial charge in [0, 0.05) is 12.2 Å². The van der Waals surface area contributed by atoms with E-state index in [1.54, 1.807) is 6.07 Å². The Morgan fingerprint density at radius 2 is 1.85 bits per heavy atom. The van der Waals surface area contributed by atoms with Crippen molar-refractivity contribution in [2.75, 3.05) is 5.32 Å². The Morgan fingerprint density at radius 1 is 1.20 bits per heavy atom. The molecule has 2 aromatic carbocycles. The number of carbonyl (C=O) groups excluding carboxylic acids is 1. The SMILES string of the molecule is Cc1ccc(CN)cc1NC(=O)c1c(O)cccc1O. The van der Waals surface area contributed by atoms with Gasteiger partial charge in [-0.3, -0.25) is 4.79 Å². The minimum atomic E-state index is -0.571. The van der Waals surface area contributed by atoms with E-state index in [2.05, 4.69) is 5.32 Å². The number of nitrogens with one attached hydrogen (secondary N) is 1. The molecule has 0 unspecified atom stereocenters. The smallest absolute Gasteiger partial charge is 0.263 e. The van der Waals surface area contributed by atoms with Gasteiger partial charge in [0.05, 0.1) is 0 Å². The first kappa shape index (κ1) is 13.9. The van der Waals surface area contributed by atoms with E-state index in [1.807, 2.05) is 19.1 Å². The van der Waals surface area contributed by atoms with Crippen LogP contribution in [0.15, 0.2) is 36.4 Å². The maximum Gasteiger partial charge on any atom is 0.263 e. The van der Waals surface area contributed by atoms with Gasteiger partial charge in [-0.15, -0.1) is 0 Å². The second kappa shape index (κ2) is 5.63. The number of rotatable bonds is 3. The summed E-state index contributed by atoms with van der Waals surface area (Å²) < 4.78 is 0. The number of aryl methyl sites for hydroxylation is 1. The van der Waals surface area contributed by atoms with Crippen LogP contribution in [0.25, 0.3) is 0 Å². The lowest BCUT2D eigenvalue weighted by atomic mass is 10.1. The average Bonchev–Trinajstić information content (AvgIpc) is 2.41. The molecule has 2 aromatic rings. The van der Waals surface area contributed by atoms with Crippen LogP contribution in [-0.4, -0.2) is 16.1 Å². The van der Waals surface area contributed by atoms with Crippen molar-refractivity contribution in [2.24, 2.45) is 5.73 Å². The highest BCUT2D eigenvalue weighted by atomic mass is 16.3. The molecule has 20 heavy (non-hydrogen) atoms. The topological polar surface area (TPSA) is 95.6 Å². The minimum Gasteiger partial charge on any atom is -0.507 e. The third-order valence-electron chi connectivity index (χ3n) is 3.03. The Bertz CT molecular complexity index is 633. The number of amides is 1. The van der Waals surface area contributed by atoms with E-state index in [1.165, 1.54) is 18.2 Å². The molecule has 0 spiro atoms. The number of phenols is 2.